The molecule has 2 aliphatic rings. The van der Waals surface area contributed by atoms with Crippen molar-refractivity contribution in [3.05, 3.63) is 42.2 Å². The van der Waals surface area contributed by atoms with Crippen molar-refractivity contribution in [2.75, 3.05) is 26.3 Å². The lowest BCUT2D eigenvalue weighted by Crippen LogP contribution is -2.41. The van der Waals surface area contributed by atoms with Gasteiger partial charge in [-0.05, 0) is 12.1 Å². The Balaban J connectivity index is 1.28. The molecule has 0 aromatic carbocycles. The second-order valence-corrected chi connectivity index (χ2v) is 6.66. The van der Waals surface area contributed by atoms with Gasteiger partial charge in [-0.1, -0.05) is 0 Å². The van der Waals surface area contributed by atoms with E-state index in [9.17, 15) is 4.79 Å². The van der Waals surface area contributed by atoms with E-state index in [0.29, 0.717) is 37.0 Å². The number of aromatic nitrogens is 3. The van der Waals surface area contributed by atoms with E-state index in [4.69, 9.17) is 14.2 Å². The van der Waals surface area contributed by atoms with Crippen LogP contribution in [0, 0.1) is 0 Å². The topological polar surface area (TPSA) is 86.7 Å². The maximum Gasteiger partial charge on any atom is 0.255 e. The number of hydrogen-bond donors (Lipinski definition) is 0. The predicted molar refractivity (Wildman–Crippen MR) is 95.7 cm³/mol. The van der Waals surface area contributed by atoms with E-state index in [1.165, 1.54) is 0 Å². The molecule has 27 heavy (non-hydrogen) atoms. The van der Waals surface area contributed by atoms with Crippen molar-refractivity contribution < 1.29 is 19.0 Å². The van der Waals surface area contributed by atoms with Crippen LogP contribution in [-0.2, 0) is 4.74 Å². The van der Waals surface area contributed by atoms with Gasteiger partial charge >= 0.3 is 0 Å². The normalized spacial score (nSPS) is 20.4. The highest BCUT2D eigenvalue weighted by Gasteiger charge is 2.25. The lowest BCUT2D eigenvalue weighted by molar-refractivity contribution is 0.0585. The maximum absolute atomic E-state index is 12.7. The van der Waals surface area contributed by atoms with E-state index in [-0.39, 0.29) is 18.1 Å². The minimum Gasteiger partial charge on any atom is -0.473 e. The highest BCUT2D eigenvalue weighted by atomic mass is 16.5. The number of ether oxygens (including phenoxy) is 3. The van der Waals surface area contributed by atoms with Crippen LogP contribution in [0.25, 0.3) is 0 Å². The van der Waals surface area contributed by atoms with Gasteiger partial charge in [0.1, 0.15) is 12.2 Å². The molecule has 0 saturated carbocycles. The van der Waals surface area contributed by atoms with Crippen molar-refractivity contribution in [2.24, 2.45) is 0 Å². The van der Waals surface area contributed by atoms with Gasteiger partial charge in [0.2, 0.25) is 11.8 Å². The summed E-state index contributed by atoms with van der Waals surface area (Å²) in [6, 6.07) is 7.09. The molecular formula is C19H22N4O4. The SMILES string of the molecule is O=C(c1ccc(OC2CCOC2)nc1)N1CCC(Oc2cccnn2)CC1. The third-order valence-corrected chi connectivity index (χ3v) is 4.72. The number of rotatable bonds is 5. The van der Waals surface area contributed by atoms with E-state index in [0.717, 1.165) is 25.9 Å². The third kappa shape index (κ3) is 4.51. The summed E-state index contributed by atoms with van der Waals surface area (Å²) < 4.78 is 16.8. The smallest absolute Gasteiger partial charge is 0.255 e. The van der Waals surface area contributed by atoms with Crippen LogP contribution in [0.4, 0.5) is 0 Å². The van der Waals surface area contributed by atoms with Crippen molar-refractivity contribution in [3.63, 3.8) is 0 Å². The number of piperidine rings is 1. The Bertz CT molecular complexity index is 742. The van der Waals surface area contributed by atoms with Crippen molar-refractivity contribution in [1.29, 1.82) is 0 Å². The van der Waals surface area contributed by atoms with Crippen LogP contribution in [-0.4, -0.2) is 64.5 Å². The van der Waals surface area contributed by atoms with Gasteiger partial charge in [0.25, 0.3) is 5.91 Å². The number of carbonyl (C=O) groups is 1. The molecule has 1 amide bonds. The van der Waals surface area contributed by atoms with E-state index in [1.807, 2.05) is 4.90 Å². The Labute approximate surface area is 157 Å². The molecular weight excluding hydrogens is 348 g/mol. The summed E-state index contributed by atoms with van der Waals surface area (Å²) in [6.07, 6.45) is 5.68. The molecule has 2 aromatic rings. The number of likely N-dealkylation sites (tertiary alicyclic amines) is 1. The van der Waals surface area contributed by atoms with Crippen molar-refractivity contribution in [2.45, 2.75) is 31.5 Å². The summed E-state index contributed by atoms with van der Waals surface area (Å²) in [5.74, 6) is 1.03. The average molecular weight is 370 g/mol. The molecule has 4 rings (SSSR count). The highest BCUT2D eigenvalue weighted by molar-refractivity contribution is 5.94. The van der Waals surface area contributed by atoms with E-state index >= 15 is 0 Å². The number of hydrogen-bond acceptors (Lipinski definition) is 7. The van der Waals surface area contributed by atoms with Gasteiger partial charge in [-0.25, -0.2) is 4.98 Å². The lowest BCUT2D eigenvalue weighted by atomic mass is 10.1. The first-order chi connectivity index (χ1) is 13.3. The third-order valence-electron chi connectivity index (χ3n) is 4.72. The molecule has 2 aliphatic heterocycles. The van der Waals surface area contributed by atoms with Crippen molar-refractivity contribution in [3.8, 4) is 11.8 Å². The summed E-state index contributed by atoms with van der Waals surface area (Å²) in [5.41, 5.74) is 0.568. The van der Waals surface area contributed by atoms with Gasteiger partial charge in [-0.3, -0.25) is 4.79 Å². The second kappa shape index (κ2) is 8.30. The summed E-state index contributed by atoms with van der Waals surface area (Å²) >= 11 is 0. The molecule has 0 N–H and O–H groups in total. The fourth-order valence-electron chi connectivity index (χ4n) is 3.23. The fourth-order valence-corrected chi connectivity index (χ4v) is 3.23. The first kappa shape index (κ1) is 17.7. The molecule has 8 nitrogen and oxygen atoms in total. The largest absolute Gasteiger partial charge is 0.473 e. The molecule has 1 atom stereocenters. The average Bonchev–Trinajstić information content (AvgIpc) is 3.22. The van der Waals surface area contributed by atoms with Crippen LogP contribution >= 0.6 is 0 Å². The molecule has 0 bridgehead atoms. The molecule has 2 fully saturated rings. The lowest BCUT2D eigenvalue weighted by Gasteiger charge is -2.31. The quantitative estimate of drug-likeness (QED) is 0.792. The van der Waals surface area contributed by atoms with Crippen LogP contribution in [0.15, 0.2) is 36.7 Å². The Morgan fingerprint density at radius 3 is 2.59 bits per heavy atom. The van der Waals surface area contributed by atoms with Gasteiger partial charge in [-0.2, -0.15) is 5.10 Å². The number of pyridine rings is 1. The van der Waals surface area contributed by atoms with Gasteiger partial charge in [0.15, 0.2) is 0 Å². The molecule has 0 radical (unpaired) electrons. The predicted octanol–water partition coefficient (Wildman–Crippen LogP) is 1.72. The summed E-state index contributed by atoms with van der Waals surface area (Å²) in [6.45, 7) is 2.59. The molecule has 4 heterocycles. The maximum atomic E-state index is 12.7. The Morgan fingerprint density at radius 2 is 1.93 bits per heavy atom. The van der Waals surface area contributed by atoms with E-state index in [1.54, 1.807) is 36.7 Å². The Morgan fingerprint density at radius 1 is 1.07 bits per heavy atom. The zero-order valence-electron chi connectivity index (χ0n) is 15.0. The number of amides is 1. The number of carbonyl (C=O) groups excluding carboxylic acids is 1. The second-order valence-electron chi connectivity index (χ2n) is 6.66. The molecule has 2 saturated heterocycles. The van der Waals surface area contributed by atoms with E-state index in [2.05, 4.69) is 15.2 Å². The van der Waals surface area contributed by atoms with Crippen LogP contribution in [0.5, 0.6) is 11.8 Å². The van der Waals surface area contributed by atoms with Crippen LogP contribution in [0.2, 0.25) is 0 Å². The summed E-state index contributed by atoms with van der Waals surface area (Å²) in [4.78, 5) is 18.8. The molecule has 142 valence electrons. The van der Waals surface area contributed by atoms with Crippen molar-refractivity contribution >= 4 is 5.91 Å². The standard InChI is InChI=1S/C19H22N4O4/c24-19(14-3-4-17(20-12-14)27-16-7-11-25-13-16)23-9-5-15(6-10-23)26-18-2-1-8-21-22-18/h1-4,8,12,15-16H,5-7,9-11,13H2. The van der Waals surface area contributed by atoms with Gasteiger partial charge in [-0.15, -0.1) is 5.10 Å². The minimum atomic E-state index is -0.0174. The van der Waals surface area contributed by atoms with Crippen LogP contribution in [0.3, 0.4) is 0 Å². The first-order valence-electron chi connectivity index (χ1n) is 9.22. The van der Waals surface area contributed by atoms with Gasteiger partial charge in [0.05, 0.1) is 18.8 Å². The van der Waals surface area contributed by atoms with Gasteiger partial charge < -0.3 is 19.1 Å². The zero-order valence-corrected chi connectivity index (χ0v) is 15.0. The van der Waals surface area contributed by atoms with Crippen LogP contribution in [0.1, 0.15) is 29.6 Å². The first-order valence-corrected chi connectivity index (χ1v) is 9.22. The molecule has 0 aliphatic carbocycles. The monoisotopic (exact) mass is 370 g/mol. The molecule has 1 unspecified atom stereocenters. The fraction of sp³-hybridized carbons (Fsp3) is 0.474. The van der Waals surface area contributed by atoms with E-state index < -0.39 is 0 Å². The minimum absolute atomic E-state index is 0.0174. The zero-order chi connectivity index (χ0) is 18.5. The molecule has 8 heteroatoms. The molecule has 2 aromatic heterocycles. The summed E-state index contributed by atoms with van der Waals surface area (Å²) in [7, 11) is 0. The molecule has 0 spiro atoms. The summed E-state index contributed by atoms with van der Waals surface area (Å²) in [5, 5.41) is 7.75. The Kier molecular flexibility index (Phi) is 5.43. The van der Waals surface area contributed by atoms with Gasteiger partial charge in [0, 0.05) is 56.9 Å². The Hall–Kier alpha value is -2.74. The number of nitrogens with zero attached hydrogens (tertiary/aromatic N) is 4. The highest BCUT2D eigenvalue weighted by Crippen LogP contribution is 2.19. The van der Waals surface area contributed by atoms with Crippen LogP contribution < -0.4 is 9.47 Å². The van der Waals surface area contributed by atoms with Crippen molar-refractivity contribution in [1.82, 2.24) is 20.1 Å².